The first-order valence-electron chi connectivity index (χ1n) is 9.64. The highest BCUT2D eigenvalue weighted by molar-refractivity contribution is 14.0. The van der Waals surface area contributed by atoms with Gasteiger partial charge in [0.2, 0.25) is 5.88 Å². The number of rotatable bonds is 10. The van der Waals surface area contributed by atoms with Crippen molar-refractivity contribution in [3.05, 3.63) is 78.8 Å². The second kappa shape index (κ2) is 13.5. The van der Waals surface area contributed by atoms with E-state index < -0.39 is 0 Å². The highest BCUT2D eigenvalue weighted by Gasteiger charge is 2.01. The molecule has 0 atom stereocenters. The topological polar surface area (TPSA) is 72.7 Å². The molecule has 3 aromatic rings. The van der Waals surface area contributed by atoms with Crippen LogP contribution in [0.1, 0.15) is 5.56 Å². The maximum atomic E-state index is 5.62. The van der Waals surface area contributed by atoms with Gasteiger partial charge in [0, 0.05) is 51.3 Å². The summed E-state index contributed by atoms with van der Waals surface area (Å²) in [6.07, 6.45) is 5.88. The lowest BCUT2D eigenvalue weighted by Crippen LogP contribution is -2.38. The van der Waals surface area contributed by atoms with Crippen LogP contribution < -0.4 is 20.1 Å². The number of aliphatic imine (C=N–C) groups is 1. The van der Waals surface area contributed by atoms with Crippen LogP contribution in [0.25, 0.3) is 0 Å². The third-order valence-electron chi connectivity index (χ3n) is 4.16. The summed E-state index contributed by atoms with van der Waals surface area (Å²) in [7, 11) is 1.76. The number of aromatic nitrogens is 2. The second-order valence-corrected chi connectivity index (χ2v) is 6.29. The number of benzene rings is 1. The van der Waals surface area contributed by atoms with Crippen LogP contribution in [0.2, 0.25) is 0 Å². The number of nitrogens with one attached hydrogen (secondary N) is 2. The van der Waals surface area contributed by atoms with Gasteiger partial charge in [-0.1, -0.05) is 24.3 Å². The zero-order valence-electron chi connectivity index (χ0n) is 17.0. The lowest BCUT2D eigenvalue weighted by molar-refractivity contribution is 0.212. The van der Waals surface area contributed by atoms with Crippen LogP contribution >= 0.6 is 24.0 Å². The molecule has 0 fully saturated rings. The summed E-state index contributed by atoms with van der Waals surface area (Å²) in [5.41, 5.74) is 1.05. The summed E-state index contributed by atoms with van der Waals surface area (Å²) in [5.74, 6) is 2.18. The van der Waals surface area contributed by atoms with Gasteiger partial charge in [-0.05, 0) is 29.8 Å². The van der Waals surface area contributed by atoms with Crippen molar-refractivity contribution < 1.29 is 9.47 Å². The molecule has 0 aliphatic carbocycles. The maximum absolute atomic E-state index is 5.62. The standard InChI is InChI=1S/C22H27N5O2.HI/c1-23-22(24-11-14-27-12-5-6-13-27)26-18-19-9-10-21(25-17-19)29-16-15-28-20-7-3-2-4-8-20;/h2-10,12-13,17H,11,14-16,18H2,1H3,(H2,23,24,26);1H. The minimum Gasteiger partial charge on any atom is -0.490 e. The van der Waals surface area contributed by atoms with E-state index in [1.54, 1.807) is 13.2 Å². The van der Waals surface area contributed by atoms with Crippen LogP contribution in [0.5, 0.6) is 11.6 Å². The first-order chi connectivity index (χ1) is 14.3. The van der Waals surface area contributed by atoms with Gasteiger partial charge < -0.3 is 24.7 Å². The third kappa shape index (κ3) is 8.32. The molecule has 0 aliphatic rings. The summed E-state index contributed by atoms with van der Waals surface area (Å²) in [6.45, 7) is 3.23. The molecular formula is C22H28IN5O2. The number of pyridine rings is 1. The Balaban J connectivity index is 0.00000320. The number of guanidine groups is 1. The first kappa shape index (κ1) is 23.5. The molecule has 0 spiro atoms. The van der Waals surface area contributed by atoms with Gasteiger partial charge in [0.25, 0.3) is 0 Å². The Bertz CT molecular complexity index is 855. The number of para-hydroxylation sites is 1. The highest BCUT2D eigenvalue weighted by Crippen LogP contribution is 2.09. The van der Waals surface area contributed by atoms with Crippen molar-refractivity contribution in [3.63, 3.8) is 0 Å². The fraction of sp³-hybridized carbons (Fsp3) is 0.273. The zero-order chi connectivity index (χ0) is 20.2. The van der Waals surface area contributed by atoms with Crippen molar-refractivity contribution in [1.29, 1.82) is 0 Å². The summed E-state index contributed by atoms with van der Waals surface area (Å²) in [5, 5.41) is 6.58. The molecular weight excluding hydrogens is 493 g/mol. The van der Waals surface area contributed by atoms with Gasteiger partial charge in [-0.15, -0.1) is 24.0 Å². The number of hydrogen-bond donors (Lipinski definition) is 2. The molecule has 0 radical (unpaired) electrons. The molecule has 2 heterocycles. The van der Waals surface area contributed by atoms with E-state index in [1.165, 1.54) is 0 Å². The van der Waals surface area contributed by atoms with Crippen LogP contribution in [0.4, 0.5) is 0 Å². The van der Waals surface area contributed by atoms with Crippen LogP contribution in [-0.2, 0) is 13.1 Å². The molecule has 3 rings (SSSR count). The molecule has 0 amide bonds. The van der Waals surface area contributed by atoms with Gasteiger partial charge in [-0.25, -0.2) is 4.98 Å². The molecule has 8 heteroatoms. The van der Waals surface area contributed by atoms with E-state index in [4.69, 9.17) is 9.47 Å². The minimum atomic E-state index is 0. The van der Waals surface area contributed by atoms with Crippen molar-refractivity contribution in [2.75, 3.05) is 26.8 Å². The van der Waals surface area contributed by atoms with Gasteiger partial charge in [0.05, 0.1) is 0 Å². The van der Waals surface area contributed by atoms with E-state index in [9.17, 15) is 0 Å². The molecule has 2 N–H and O–H groups in total. The molecule has 0 saturated heterocycles. The Morgan fingerprint density at radius 3 is 2.43 bits per heavy atom. The molecule has 1 aromatic carbocycles. The Kier molecular flexibility index (Phi) is 10.6. The number of ether oxygens (including phenoxy) is 2. The van der Waals surface area contributed by atoms with Gasteiger partial charge in [-0.3, -0.25) is 4.99 Å². The van der Waals surface area contributed by atoms with Crippen LogP contribution in [0.15, 0.2) is 78.2 Å². The summed E-state index contributed by atoms with van der Waals surface area (Å²) < 4.78 is 13.3. The fourth-order valence-electron chi connectivity index (χ4n) is 2.65. The predicted molar refractivity (Wildman–Crippen MR) is 130 cm³/mol. The molecule has 0 unspecified atom stereocenters. The predicted octanol–water partition coefficient (Wildman–Crippen LogP) is 3.32. The lowest BCUT2D eigenvalue weighted by atomic mass is 10.3. The third-order valence-corrected chi connectivity index (χ3v) is 4.16. The van der Waals surface area contributed by atoms with Crippen LogP contribution in [0.3, 0.4) is 0 Å². The monoisotopic (exact) mass is 521 g/mol. The Morgan fingerprint density at radius 2 is 1.73 bits per heavy atom. The Morgan fingerprint density at radius 1 is 0.967 bits per heavy atom. The SMILES string of the molecule is CN=C(NCCn1cccc1)NCc1ccc(OCCOc2ccccc2)nc1.I. The smallest absolute Gasteiger partial charge is 0.213 e. The summed E-state index contributed by atoms with van der Waals surface area (Å²) >= 11 is 0. The van der Waals surface area contributed by atoms with E-state index in [1.807, 2.05) is 67.0 Å². The van der Waals surface area contributed by atoms with Gasteiger partial charge >= 0.3 is 0 Å². The van der Waals surface area contributed by atoms with Crippen LogP contribution in [-0.4, -0.2) is 42.3 Å². The van der Waals surface area contributed by atoms with Gasteiger partial charge in [-0.2, -0.15) is 0 Å². The molecule has 0 saturated carbocycles. The molecule has 0 bridgehead atoms. The highest BCUT2D eigenvalue weighted by atomic mass is 127. The lowest BCUT2D eigenvalue weighted by Gasteiger charge is -2.12. The van der Waals surface area contributed by atoms with Crippen LogP contribution in [0, 0.1) is 0 Å². The van der Waals surface area contributed by atoms with Crippen molar-refractivity contribution in [3.8, 4) is 11.6 Å². The fourth-order valence-corrected chi connectivity index (χ4v) is 2.65. The maximum Gasteiger partial charge on any atom is 0.213 e. The van der Waals surface area contributed by atoms with Gasteiger partial charge in [0.1, 0.15) is 19.0 Å². The van der Waals surface area contributed by atoms with Crippen molar-refractivity contribution >= 4 is 29.9 Å². The molecule has 30 heavy (non-hydrogen) atoms. The Hall–Kier alpha value is -2.75. The average Bonchev–Trinajstić information content (AvgIpc) is 3.29. The van der Waals surface area contributed by atoms with E-state index in [0.29, 0.717) is 25.6 Å². The number of halogens is 1. The summed E-state index contributed by atoms with van der Waals surface area (Å²) in [4.78, 5) is 8.58. The molecule has 0 aliphatic heterocycles. The van der Waals surface area contributed by atoms with E-state index in [2.05, 4.69) is 25.2 Å². The van der Waals surface area contributed by atoms with E-state index in [-0.39, 0.29) is 24.0 Å². The second-order valence-electron chi connectivity index (χ2n) is 6.29. The van der Waals surface area contributed by atoms with Gasteiger partial charge in [0.15, 0.2) is 5.96 Å². The average molecular weight is 521 g/mol. The summed E-state index contributed by atoms with van der Waals surface area (Å²) in [6, 6.07) is 17.6. The van der Waals surface area contributed by atoms with Crippen molar-refractivity contribution in [1.82, 2.24) is 20.2 Å². The first-order valence-corrected chi connectivity index (χ1v) is 9.64. The van der Waals surface area contributed by atoms with Crippen molar-refractivity contribution in [2.24, 2.45) is 4.99 Å². The number of hydrogen-bond acceptors (Lipinski definition) is 4. The Labute approximate surface area is 194 Å². The molecule has 7 nitrogen and oxygen atoms in total. The van der Waals surface area contributed by atoms with Crippen molar-refractivity contribution in [2.45, 2.75) is 13.1 Å². The van der Waals surface area contributed by atoms with E-state index >= 15 is 0 Å². The normalized spacial score (nSPS) is 10.8. The molecule has 2 aromatic heterocycles. The number of nitrogens with zero attached hydrogens (tertiary/aromatic N) is 3. The van der Waals surface area contributed by atoms with E-state index in [0.717, 1.165) is 30.4 Å². The zero-order valence-corrected chi connectivity index (χ0v) is 19.4. The minimum absolute atomic E-state index is 0. The quantitative estimate of drug-likeness (QED) is 0.186. The largest absolute Gasteiger partial charge is 0.490 e. The molecule has 160 valence electrons.